The average molecular weight is 514 g/mol. The topological polar surface area (TPSA) is 80.7 Å². The number of esters is 1. The highest BCUT2D eigenvalue weighted by Crippen LogP contribution is 2.68. The van der Waals surface area contributed by atoms with Crippen LogP contribution in [-0.4, -0.2) is 45.1 Å². The van der Waals surface area contributed by atoms with Crippen molar-refractivity contribution in [2.24, 2.45) is 28.6 Å². The number of allylic oxidation sites excluding steroid dienone is 4. The third-order valence-electron chi connectivity index (χ3n) is 8.75. The molecule has 0 bridgehead atoms. The van der Waals surface area contributed by atoms with Crippen LogP contribution in [0.5, 0.6) is 0 Å². The van der Waals surface area contributed by atoms with Gasteiger partial charge in [0.15, 0.2) is 17.2 Å². The highest BCUT2D eigenvalue weighted by Gasteiger charge is 2.71. The second-order valence-electron chi connectivity index (χ2n) is 10.1. The third-order valence-corrected chi connectivity index (χ3v) is 9.71. The summed E-state index contributed by atoms with van der Waals surface area (Å²) in [5.74, 6) is -0.777. The van der Waals surface area contributed by atoms with Crippen molar-refractivity contribution in [3.05, 3.63) is 23.8 Å². The maximum absolute atomic E-state index is 13.2. The number of carbonyl (C=O) groups excluding carboxylic acids is 3. The number of hydrogen-bond acceptors (Lipinski definition) is 5. The molecule has 3 saturated carbocycles. The molecule has 4 aliphatic carbocycles. The molecule has 0 aromatic heterocycles. The maximum Gasteiger partial charge on any atom is 0.306 e. The molecule has 170 valence electrons. The Labute approximate surface area is 196 Å². The van der Waals surface area contributed by atoms with Gasteiger partial charge in [-0.15, -0.1) is 11.6 Å². The van der Waals surface area contributed by atoms with Crippen molar-refractivity contribution in [2.45, 2.75) is 70.0 Å². The van der Waals surface area contributed by atoms with Crippen LogP contribution in [0.3, 0.4) is 0 Å². The van der Waals surface area contributed by atoms with E-state index >= 15 is 0 Å². The van der Waals surface area contributed by atoms with Gasteiger partial charge in [-0.3, -0.25) is 14.4 Å². The van der Waals surface area contributed by atoms with Crippen molar-refractivity contribution >= 4 is 45.1 Å². The molecule has 5 nitrogen and oxygen atoms in total. The summed E-state index contributed by atoms with van der Waals surface area (Å²) in [5.41, 5.74) is -1.44. The molecule has 0 aromatic rings. The van der Waals surface area contributed by atoms with Crippen LogP contribution < -0.4 is 0 Å². The molecule has 0 unspecified atom stereocenters. The number of fused-ring (bicyclic) bond motifs is 5. The fourth-order valence-electron chi connectivity index (χ4n) is 7.29. The minimum Gasteiger partial charge on any atom is -0.450 e. The van der Waals surface area contributed by atoms with E-state index in [2.05, 4.69) is 22.9 Å². The van der Waals surface area contributed by atoms with Gasteiger partial charge < -0.3 is 9.84 Å². The van der Waals surface area contributed by atoms with E-state index in [0.717, 1.165) is 5.57 Å². The fourth-order valence-corrected chi connectivity index (χ4v) is 8.24. The Morgan fingerprint density at radius 1 is 1.35 bits per heavy atom. The standard InChI is InChI=1S/C24H30BrClO5/c1-4-19(30)31-24(18(29)12-25)8-6-15-20-16(26)10-13-9-14(27)5-7-22(13,2)21(20)17(28)11-23(15,24)3/h5,7,9,15-17,20-21,28H,4,6,8,10-12H2,1-3H3/t15-,16+,17-,20+,21-,22-,23-,24+/m0/s1. The summed E-state index contributed by atoms with van der Waals surface area (Å²) in [4.78, 5) is 37.6. The zero-order chi connectivity index (χ0) is 22.8. The summed E-state index contributed by atoms with van der Waals surface area (Å²) in [6.45, 7) is 5.79. The van der Waals surface area contributed by atoms with Gasteiger partial charge in [0.2, 0.25) is 0 Å². The van der Waals surface area contributed by atoms with Crippen LogP contribution in [0.25, 0.3) is 0 Å². The van der Waals surface area contributed by atoms with E-state index in [4.69, 9.17) is 16.3 Å². The molecule has 4 aliphatic rings. The summed E-state index contributed by atoms with van der Waals surface area (Å²) in [5, 5.41) is 11.3. The minimum atomic E-state index is -1.26. The number of rotatable bonds is 4. The van der Waals surface area contributed by atoms with Crippen molar-refractivity contribution < 1.29 is 24.2 Å². The Hall–Kier alpha value is -0.980. The average Bonchev–Trinajstić information content (AvgIpc) is 3.00. The Balaban J connectivity index is 1.80. The maximum atomic E-state index is 13.2. The van der Waals surface area contributed by atoms with Gasteiger partial charge in [0.05, 0.1) is 11.4 Å². The Bertz CT molecular complexity index is 883. The summed E-state index contributed by atoms with van der Waals surface area (Å²) < 4.78 is 5.94. The molecule has 4 rings (SSSR count). The zero-order valence-electron chi connectivity index (χ0n) is 18.2. The largest absolute Gasteiger partial charge is 0.450 e. The highest BCUT2D eigenvalue weighted by molar-refractivity contribution is 9.09. The van der Waals surface area contributed by atoms with E-state index in [0.29, 0.717) is 25.7 Å². The van der Waals surface area contributed by atoms with Crippen LogP contribution in [0.15, 0.2) is 23.8 Å². The van der Waals surface area contributed by atoms with Crippen molar-refractivity contribution in [2.75, 3.05) is 5.33 Å². The van der Waals surface area contributed by atoms with Crippen LogP contribution in [0.2, 0.25) is 0 Å². The molecule has 0 heterocycles. The van der Waals surface area contributed by atoms with Crippen LogP contribution in [0, 0.1) is 28.6 Å². The van der Waals surface area contributed by atoms with Crippen LogP contribution in [0.4, 0.5) is 0 Å². The molecule has 0 radical (unpaired) electrons. The monoisotopic (exact) mass is 512 g/mol. The molecule has 7 heteroatoms. The van der Waals surface area contributed by atoms with Gasteiger partial charge in [-0.1, -0.05) is 48.4 Å². The predicted molar refractivity (Wildman–Crippen MR) is 121 cm³/mol. The number of aliphatic hydroxyl groups excluding tert-OH is 1. The number of halogens is 2. The van der Waals surface area contributed by atoms with Gasteiger partial charge in [-0.2, -0.15) is 0 Å². The lowest BCUT2D eigenvalue weighted by atomic mass is 9.46. The van der Waals surface area contributed by atoms with Crippen molar-refractivity contribution in [3.8, 4) is 0 Å². The van der Waals surface area contributed by atoms with E-state index in [1.807, 2.05) is 13.0 Å². The normalized spacial score (nSPS) is 45.9. The lowest BCUT2D eigenvalue weighted by Gasteiger charge is -2.61. The Morgan fingerprint density at radius 2 is 2.06 bits per heavy atom. The number of ketones is 2. The molecular formula is C24H30BrClO5. The smallest absolute Gasteiger partial charge is 0.306 e. The van der Waals surface area contributed by atoms with Crippen LogP contribution >= 0.6 is 27.5 Å². The van der Waals surface area contributed by atoms with Crippen LogP contribution in [0.1, 0.15) is 52.9 Å². The molecule has 0 aliphatic heterocycles. The van der Waals surface area contributed by atoms with Crippen molar-refractivity contribution in [3.63, 3.8) is 0 Å². The van der Waals surface area contributed by atoms with E-state index in [1.54, 1.807) is 19.1 Å². The summed E-state index contributed by atoms with van der Waals surface area (Å²) in [7, 11) is 0. The number of aliphatic hydroxyl groups is 1. The molecule has 3 fully saturated rings. The Morgan fingerprint density at radius 3 is 2.71 bits per heavy atom. The summed E-state index contributed by atoms with van der Waals surface area (Å²) in [6, 6.07) is 0. The molecule has 31 heavy (non-hydrogen) atoms. The number of alkyl halides is 2. The van der Waals surface area contributed by atoms with Gasteiger partial charge in [0.25, 0.3) is 0 Å². The van der Waals surface area contributed by atoms with E-state index in [9.17, 15) is 19.5 Å². The third kappa shape index (κ3) is 3.15. The molecule has 0 aromatic carbocycles. The first-order chi connectivity index (χ1) is 14.5. The number of ether oxygens (including phenoxy) is 1. The minimum absolute atomic E-state index is 0.0282. The molecule has 8 atom stereocenters. The summed E-state index contributed by atoms with van der Waals surface area (Å²) >= 11 is 10.3. The lowest BCUT2D eigenvalue weighted by molar-refractivity contribution is -0.197. The van der Waals surface area contributed by atoms with Crippen LogP contribution in [-0.2, 0) is 19.1 Å². The number of Topliss-reactive ketones (excluding diaryl/α,β-unsaturated/α-hetero) is 1. The summed E-state index contributed by atoms with van der Waals surface area (Å²) in [6.07, 6.45) is 6.72. The molecular weight excluding hydrogens is 484 g/mol. The van der Waals surface area contributed by atoms with Gasteiger partial charge >= 0.3 is 5.97 Å². The molecule has 0 saturated heterocycles. The second kappa shape index (κ2) is 7.81. The van der Waals surface area contributed by atoms with Crippen molar-refractivity contribution in [1.29, 1.82) is 0 Å². The first-order valence-electron chi connectivity index (χ1n) is 11.1. The first-order valence-corrected chi connectivity index (χ1v) is 12.7. The number of carbonyl (C=O) groups is 3. The predicted octanol–water partition coefficient (Wildman–Crippen LogP) is 4.14. The van der Waals surface area contributed by atoms with Gasteiger partial charge in [-0.25, -0.2) is 0 Å². The Kier molecular flexibility index (Phi) is 5.84. The zero-order valence-corrected chi connectivity index (χ0v) is 20.5. The lowest BCUT2D eigenvalue weighted by Crippen LogP contribution is -2.64. The van der Waals surface area contributed by atoms with Gasteiger partial charge in [-0.05, 0) is 49.7 Å². The van der Waals surface area contributed by atoms with E-state index in [-0.39, 0.29) is 46.4 Å². The fraction of sp³-hybridized carbons (Fsp3) is 0.708. The quantitative estimate of drug-likeness (QED) is 0.451. The second-order valence-corrected chi connectivity index (χ2v) is 11.2. The van der Waals surface area contributed by atoms with E-state index in [1.165, 1.54) is 0 Å². The SMILES string of the molecule is CCC(=O)O[C@@]1(C(=O)CBr)CC[C@H]2[C@H]3[C@H]([C@@H](O)C[C@@]21C)[C@@]1(C)C=CC(=O)C=C1C[C@H]3Cl. The van der Waals surface area contributed by atoms with Gasteiger partial charge in [0.1, 0.15) is 0 Å². The van der Waals surface area contributed by atoms with Crippen molar-refractivity contribution in [1.82, 2.24) is 0 Å². The number of hydrogen-bond donors (Lipinski definition) is 1. The molecule has 0 amide bonds. The molecule has 1 N–H and O–H groups in total. The molecule has 0 spiro atoms. The highest BCUT2D eigenvalue weighted by atomic mass is 79.9. The van der Waals surface area contributed by atoms with Gasteiger partial charge in [0, 0.05) is 28.5 Å². The first kappa shape index (κ1) is 23.2. The van der Waals surface area contributed by atoms with E-state index < -0.39 is 28.5 Å².